The second-order valence-corrected chi connectivity index (χ2v) is 1.29. The van der Waals surface area contributed by atoms with Crippen molar-refractivity contribution in [2.75, 3.05) is 0 Å². The Kier molecular flexibility index (Phi) is 31.0. The molecule has 0 amide bonds. The van der Waals surface area contributed by atoms with Gasteiger partial charge in [-0.15, -0.1) is 0 Å². The van der Waals surface area contributed by atoms with Crippen LogP contribution in [0.2, 0.25) is 0 Å². The van der Waals surface area contributed by atoms with Crippen LogP contribution in [0.1, 0.15) is 0 Å². The van der Waals surface area contributed by atoms with E-state index < -0.39 is 27.2 Å². The SMILES string of the molecule is O.O=[PH](O)O.[O]=[Mo][OH]. The maximum atomic E-state index is 8.74. The standard InChI is InChI=1S/Mo.H3O3P.2H2O.O/c;1-4(2)3;;;/h;4H,(H2,1,2,3);2*1H2;/q+1;;;;/p-1. The molecule has 0 aromatic heterocycles. The molecule has 0 aromatic rings. The van der Waals surface area contributed by atoms with Crippen LogP contribution in [0.4, 0.5) is 0 Å². The van der Waals surface area contributed by atoms with Gasteiger partial charge in [0.25, 0.3) is 0 Å². The zero-order valence-corrected chi connectivity index (χ0v) is 6.57. The van der Waals surface area contributed by atoms with Gasteiger partial charge in [0.05, 0.1) is 0 Å². The first-order chi connectivity index (χ1) is 3.15. The molecule has 5 N–H and O–H groups in total. The summed E-state index contributed by atoms with van der Waals surface area (Å²) in [6, 6.07) is 0. The van der Waals surface area contributed by atoms with Gasteiger partial charge >= 0.3 is 34.3 Å². The van der Waals surface area contributed by atoms with Crippen molar-refractivity contribution in [1.29, 1.82) is 0 Å². The molecule has 0 radical (unpaired) electrons. The van der Waals surface area contributed by atoms with Crippen molar-refractivity contribution in [3.05, 3.63) is 0 Å². The van der Waals surface area contributed by atoms with Crippen molar-refractivity contribution >= 4 is 8.25 Å². The summed E-state index contributed by atoms with van der Waals surface area (Å²) < 4.78 is 24.5. The van der Waals surface area contributed by atoms with Gasteiger partial charge < -0.3 is 15.3 Å². The van der Waals surface area contributed by atoms with Crippen LogP contribution in [0.25, 0.3) is 0 Å². The molecule has 6 nitrogen and oxygen atoms in total. The molecular formula is H6MoO6P. The van der Waals surface area contributed by atoms with E-state index in [9.17, 15) is 0 Å². The van der Waals surface area contributed by atoms with Gasteiger partial charge in [0, 0.05) is 0 Å². The summed E-state index contributed by atoms with van der Waals surface area (Å²) in [6.07, 6.45) is 0. The third-order valence-electron chi connectivity index (χ3n) is 0. The van der Waals surface area contributed by atoms with Crippen LogP contribution in [0.5, 0.6) is 0 Å². The molecule has 0 aliphatic rings. The molecule has 8 heteroatoms. The van der Waals surface area contributed by atoms with Gasteiger partial charge in [-0.05, 0) is 0 Å². The third kappa shape index (κ3) is 650. The summed E-state index contributed by atoms with van der Waals surface area (Å²) >= 11 is -1.78. The molecule has 53 valence electrons. The van der Waals surface area contributed by atoms with Crippen molar-refractivity contribution in [3.8, 4) is 0 Å². The van der Waals surface area contributed by atoms with Gasteiger partial charge in [0.2, 0.25) is 0 Å². The van der Waals surface area contributed by atoms with Crippen LogP contribution in [0.3, 0.4) is 0 Å². The predicted octanol–water partition coefficient (Wildman–Crippen LogP) is -2.14. The van der Waals surface area contributed by atoms with E-state index >= 15 is 0 Å². The van der Waals surface area contributed by atoms with E-state index in [1.165, 1.54) is 0 Å². The van der Waals surface area contributed by atoms with Gasteiger partial charge in [0.1, 0.15) is 0 Å². The molecule has 0 aliphatic heterocycles. The molecule has 0 saturated carbocycles. The Morgan fingerprint density at radius 2 is 1.38 bits per heavy atom. The van der Waals surface area contributed by atoms with Crippen molar-refractivity contribution < 1.29 is 45.9 Å². The molecule has 0 heterocycles. The van der Waals surface area contributed by atoms with E-state index in [1.807, 2.05) is 0 Å². The molecule has 0 atom stereocenters. The minimum atomic E-state index is -3.13. The summed E-state index contributed by atoms with van der Waals surface area (Å²) in [6.45, 7) is 0. The normalized spacial score (nSPS) is 6.00. The molecule has 0 aromatic carbocycles. The monoisotopic (exact) mass is 231 g/mol. The number of rotatable bonds is 0. The summed E-state index contributed by atoms with van der Waals surface area (Å²) in [7, 11) is -3.13. The second kappa shape index (κ2) is 15.6. The topological polar surface area (TPSA) is 126 Å². The van der Waals surface area contributed by atoms with Gasteiger partial charge in [-0.1, -0.05) is 0 Å². The van der Waals surface area contributed by atoms with Crippen LogP contribution < -0.4 is 0 Å². The molecule has 0 saturated heterocycles. The molecule has 0 rings (SSSR count). The molecular weight excluding hydrogens is 223 g/mol. The van der Waals surface area contributed by atoms with Gasteiger partial charge in [-0.25, -0.2) is 0 Å². The Labute approximate surface area is 54.7 Å². The molecule has 8 heavy (non-hydrogen) atoms. The van der Waals surface area contributed by atoms with E-state index in [4.69, 9.17) is 21.5 Å². The van der Waals surface area contributed by atoms with E-state index in [1.54, 1.807) is 0 Å². The Bertz CT molecular complexity index is 55.5. The third-order valence-corrected chi connectivity index (χ3v) is 0. The molecule has 0 fully saturated rings. The average molecular weight is 229 g/mol. The summed E-state index contributed by atoms with van der Waals surface area (Å²) in [5.41, 5.74) is 0. The van der Waals surface area contributed by atoms with Crippen molar-refractivity contribution in [1.82, 2.24) is 0 Å². The predicted molar refractivity (Wildman–Crippen MR) is 20.0 cm³/mol. The Hall–Kier alpha value is 0.558. The molecule has 0 unspecified atom stereocenters. The van der Waals surface area contributed by atoms with Gasteiger partial charge in [-0.3, -0.25) is 4.57 Å². The van der Waals surface area contributed by atoms with Crippen molar-refractivity contribution in [2.45, 2.75) is 0 Å². The summed E-state index contributed by atoms with van der Waals surface area (Å²) in [4.78, 5) is 14.3. The Balaban J connectivity index is -0.0000000575. The van der Waals surface area contributed by atoms with Crippen molar-refractivity contribution in [2.24, 2.45) is 0 Å². The summed E-state index contributed by atoms with van der Waals surface area (Å²) in [5, 5.41) is 0. The fourth-order valence-electron chi connectivity index (χ4n) is 0. The zero-order chi connectivity index (χ0) is 6.28. The number of hydrogen-bond donors (Lipinski definition) is 3. The molecule has 0 aliphatic carbocycles. The summed E-state index contributed by atoms with van der Waals surface area (Å²) in [5.74, 6) is 0. The Morgan fingerprint density at radius 3 is 1.38 bits per heavy atom. The van der Waals surface area contributed by atoms with Crippen LogP contribution >= 0.6 is 8.25 Å². The minimum absolute atomic E-state index is 0. The van der Waals surface area contributed by atoms with Crippen LogP contribution in [0, 0.1) is 0 Å². The molecule has 0 bridgehead atoms. The van der Waals surface area contributed by atoms with E-state index in [0.717, 1.165) is 0 Å². The zero-order valence-electron chi connectivity index (χ0n) is 3.57. The fraction of sp³-hybridized carbons (Fsp3) is 0. The maximum absolute atomic E-state index is 8.74. The van der Waals surface area contributed by atoms with E-state index in [0.29, 0.717) is 0 Å². The quantitative estimate of drug-likeness (QED) is 0.322. The fourth-order valence-corrected chi connectivity index (χ4v) is 0. The second-order valence-electron chi connectivity index (χ2n) is 0.357. The van der Waals surface area contributed by atoms with Crippen molar-refractivity contribution in [3.63, 3.8) is 0 Å². The number of hydrogen-bond acceptors (Lipinski definition) is 2. The van der Waals surface area contributed by atoms with Gasteiger partial charge in [-0.2, -0.15) is 0 Å². The first-order valence-corrected chi connectivity index (χ1v) is 4.02. The van der Waals surface area contributed by atoms with Crippen LogP contribution in [0.15, 0.2) is 0 Å². The average Bonchev–Trinajstić information content (AvgIpc) is 1.33. The van der Waals surface area contributed by atoms with E-state index in [-0.39, 0.29) is 5.48 Å². The first kappa shape index (κ1) is 15.8. The van der Waals surface area contributed by atoms with Crippen LogP contribution in [-0.2, 0) is 26.9 Å². The molecule has 0 spiro atoms. The van der Waals surface area contributed by atoms with Gasteiger partial charge in [0.15, 0.2) is 0 Å². The van der Waals surface area contributed by atoms with Crippen LogP contribution in [-0.4, -0.2) is 19.0 Å². The Morgan fingerprint density at radius 1 is 1.38 bits per heavy atom. The van der Waals surface area contributed by atoms with E-state index in [2.05, 4.69) is 0 Å². The first-order valence-electron chi connectivity index (χ1n) is 1.00.